The third-order valence-electron chi connectivity index (χ3n) is 2.78. The molecule has 1 aliphatic heterocycles. The van der Waals surface area contributed by atoms with Gasteiger partial charge in [-0.2, -0.15) is 0 Å². The molecule has 0 saturated heterocycles. The van der Waals surface area contributed by atoms with Crippen molar-refractivity contribution in [2.75, 3.05) is 6.54 Å². The third-order valence-corrected chi connectivity index (χ3v) is 2.78. The largest absolute Gasteiger partial charge is 0.311 e. The summed E-state index contributed by atoms with van der Waals surface area (Å²) >= 11 is 0. The molecule has 1 fully saturated rings. The van der Waals surface area contributed by atoms with Gasteiger partial charge in [0.05, 0.1) is 5.69 Å². The minimum Gasteiger partial charge on any atom is -0.311 e. The summed E-state index contributed by atoms with van der Waals surface area (Å²) in [7, 11) is 0. The number of hydrogen-bond donors (Lipinski definition) is 1. The molecule has 0 bridgehead atoms. The van der Waals surface area contributed by atoms with Gasteiger partial charge in [0.15, 0.2) is 0 Å². The van der Waals surface area contributed by atoms with Crippen molar-refractivity contribution in [3.8, 4) is 0 Å². The molecule has 1 aromatic rings. The summed E-state index contributed by atoms with van der Waals surface area (Å²) < 4.78 is 0. The molecule has 3 nitrogen and oxygen atoms in total. The molecule has 2 aliphatic rings. The smallest absolute Gasteiger partial charge is 0.131 e. The lowest BCUT2D eigenvalue weighted by Gasteiger charge is -2.15. The average Bonchev–Trinajstić information content (AvgIpc) is 3.00. The highest BCUT2D eigenvalue weighted by molar-refractivity contribution is 5.22. The fourth-order valence-corrected chi connectivity index (χ4v) is 1.79. The van der Waals surface area contributed by atoms with Crippen molar-refractivity contribution in [3.63, 3.8) is 0 Å². The van der Waals surface area contributed by atoms with Gasteiger partial charge in [-0.1, -0.05) is 0 Å². The van der Waals surface area contributed by atoms with E-state index in [1.807, 2.05) is 6.20 Å². The van der Waals surface area contributed by atoms with E-state index in [1.54, 1.807) is 0 Å². The van der Waals surface area contributed by atoms with Crippen LogP contribution in [-0.2, 0) is 13.0 Å². The van der Waals surface area contributed by atoms with Crippen LogP contribution in [-0.4, -0.2) is 16.5 Å². The zero-order chi connectivity index (χ0) is 8.67. The van der Waals surface area contributed by atoms with E-state index in [1.165, 1.54) is 24.1 Å². The molecule has 0 radical (unpaired) electrons. The van der Waals surface area contributed by atoms with Gasteiger partial charge in [-0.05, 0) is 31.4 Å². The fraction of sp³-hybridized carbons (Fsp3) is 0.600. The Bertz CT molecular complexity index is 331. The van der Waals surface area contributed by atoms with Crippen LogP contribution in [0.5, 0.6) is 0 Å². The van der Waals surface area contributed by atoms with Crippen LogP contribution in [0.15, 0.2) is 6.20 Å². The van der Waals surface area contributed by atoms with E-state index < -0.39 is 0 Å². The van der Waals surface area contributed by atoms with E-state index in [9.17, 15) is 0 Å². The van der Waals surface area contributed by atoms with Gasteiger partial charge < -0.3 is 5.32 Å². The molecule has 0 unspecified atom stereocenters. The van der Waals surface area contributed by atoms with Crippen LogP contribution in [0.2, 0.25) is 0 Å². The average molecular weight is 175 g/mol. The van der Waals surface area contributed by atoms with Gasteiger partial charge in [0, 0.05) is 18.7 Å². The molecule has 1 saturated carbocycles. The molecule has 1 N–H and O–H groups in total. The number of rotatable bonds is 1. The highest BCUT2D eigenvalue weighted by atomic mass is 15.0. The SMILES string of the molecule is c1nc(C2CC2)nc2c1CCNC2. The molecular formula is C10H13N3. The van der Waals surface area contributed by atoms with Gasteiger partial charge in [-0.25, -0.2) is 9.97 Å². The summed E-state index contributed by atoms with van der Waals surface area (Å²) in [5.74, 6) is 1.75. The van der Waals surface area contributed by atoms with Gasteiger partial charge in [-0.15, -0.1) is 0 Å². The lowest BCUT2D eigenvalue weighted by atomic mass is 10.1. The van der Waals surface area contributed by atoms with Crippen molar-refractivity contribution in [1.29, 1.82) is 0 Å². The second-order valence-corrected chi connectivity index (χ2v) is 3.90. The first-order valence-corrected chi connectivity index (χ1v) is 4.99. The van der Waals surface area contributed by atoms with Gasteiger partial charge in [0.1, 0.15) is 5.82 Å². The van der Waals surface area contributed by atoms with Crippen molar-refractivity contribution < 1.29 is 0 Å². The predicted octanol–water partition coefficient (Wildman–Crippen LogP) is 1.000. The first-order chi connectivity index (χ1) is 6.43. The van der Waals surface area contributed by atoms with Crippen LogP contribution in [0, 0.1) is 0 Å². The minimum absolute atomic E-state index is 0.673. The molecule has 1 aromatic heterocycles. The quantitative estimate of drug-likeness (QED) is 0.692. The van der Waals surface area contributed by atoms with Crippen LogP contribution in [0.3, 0.4) is 0 Å². The third kappa shape index (κ3) is 1.33. The van der Waals surface area contributed by atoms with Gasteiger partial charge >= 0.3 is 0 Å². The van der Waals surface area contributed by atoms with Crippen molar-refractivity contribution in [2.24, 2.45) is 0 Å². The Kier molecular flexibility index (Phi) is 1.59. The first-order valence-electron chi connectivity index (χ1n) is 4.99. The zero-order valence-electron chi connectivity index (χ0n) is 7.58. The van der Waals surface area contributed by atoms with E-state index in [4.69, 9.17) is 0 Å². The standard InChI is InChI=1S/C10H13N3/c1-2-7(1)10-12-5-8-3-4-11-6-9(8)13-10/h5,7,11H,1-4,6H2. The lowest BCUT2D eigenvalue weighted by Crippen LogP contribution is -2.25. The number of nitrogens with zero attached hydrogens (tertiary/aromatic N) is 2. The summed E-state index contributed by atoms with van der Waals surface area (Å²) in [4.78, 5) is 9.02. The van der Waals surface area contributed by atoms with Crippen LogP contribution in [0.25, 0.3) is 0 Å². The second kappa shape index (κ2) is 2.77. The number of nitrogens with one attached hydrogen (secondary N) is 1. The summed E-state index contributed by atoms with van der Waals surface area (Å²) in [5, 5.41) is 3.34. The molecule has 3 rings (SSSR count). The van der Waals surface area contributed by atoms with Crippen molar-refractivity contribution in [2.45, 2.75) is 31.7 Å². The normalized spacial score (nSPS) is 21.2. The maximum Gasteiger partial charge on any atom is 0.131 e. The minimum atomic E-state index is 0.673. The van der Waals surface area contributed by atoms with E-state index in [0.29, 0.717) is 5.92 Å². The van der Waals surface area contributed by atoms with E-state index in [2.05, 4.69) is 15.3 Å². The highest BCUT2D eigenvalue weighted by Crippen LogP contribution is 2.38. The van der Waals surface area contributed by atoms with Crippen LogP contribution >= 0.6 is 0 Å². The van der Waals surface area contributed by atoms with Crippen LogP contribution in [0.1, 0.15) is 35.8 Å². The summed E-state index contributed by atoms with van der Waals surface area (Å²) in [5.41, 5.74) is 2.56. The molecule has 13 heavy (non-hydrogen) atoms. The number of fused-ring (bicyclic) bond motifs is 1. The molecule has 0 spiro atoms. The molecular weight excluding hydrogens is 162 g/mol. The molecule has 0 aromatic carbocycles. The number of hydrogen-bond acceptors (Lipinski definition) is 3. The second-order valence-electron chi connectivity index (χ2n) is 3.90. The summed E-state index contributed by atoms with van der Waals surface area (Å²) in [6.45, 7) is 2.00. The van der Waals surface area contributed by atoms with E-state index in [0.717, 1.165) is 25.3 Å². The van der Waals surface area contributed by atoms with Crippen LogP contribution in [0.4, 0.5) is 0 Å². The Hall–Kier alpha value is -0.960. The van der Waals surface area contributed by atoms with E-state index in [-0.39, 0.29) is 0 Å². The summed E-state index contributed by atoms with van der Waals surface area (Å²) in [6, 6.07) is 0. The lowest BCUT2D eigenvalue weighted by molar-refractivity contribution is 0.616. The maximum absolute atomic E-state index is 4.60. The maximum atomic E-state index is 4.60. The number of aromatic nitrogens is 2. The Labute approximate surface area is 77.6 Å². The van der Waals surface area contributed by atoms with Crippen molar-refractivity contribution in [3.05, 3.63) is 23.3 Å². The highest BCUT2D eigenvalue weighted by Gasteiger charge is 2.27. The Morgan fingerprint density at radius 3 is 3.15 bits per heavy atom. The van der Waals surface area contributed by atoms with Gasteiger partial charge in [0.25, 0.3) is 0 Å². The Morgan fingerprint density at radius 2 is 2.31 bits per heavy atom. The fourth-order valence-electron chi connectivity index (χ4n) is 1.79. The topological polar surface area (TPSA) is 37.8 Å². The molecule has 68 valence electrons. The first kappa shape index (κ1) is 7.44. The van der Waals surface area contributed by atoms with Crippen molar-refractivity contribution in [1.82, 2.24) is 15.3 Å². The van der Waals surface area contributed by atoms with E-state index >= 15 is 0 Å². The van der Waals surface area contributed by atoms with Gasteiger partial charge in [-0.3, -0.25) is 0 Å². The molecule has 0 amide bonds. The monoisotopic (exact) mass is 175 g/mol. The van der Waals surface area contributed by atoms with Gasteiger partial charge in [0.2, 0.25) is 0 Å². The predicted molar refractivity (Wildman–Crippen MR) is 49.4 cm³/mol. The molecule has 3 heteroatoms. The molecule has 1 aliphatic carbocycles. The molecule has 2 heterocycles. The molecule has 0 atom stereocenters. The summed E-state index contributed by atoms with van der Waals surface area (Å²) in [6.07, 6.45) is 5.68. The Balaban J connectivity index is 1.98. The van der Waals surface area contributed by atoms with Crippen molar-refractivity contribution >= 4 is 0 Å². The Morgan fingerprint density at radius 1 is 1.38 bits per heavy atom. The van der Waals surface area contributed by atoms with Crippen LogP contribution < -0.4 is 5.32 Å². The zero-order valence-corrected chi connectivity index (χ0v) is 7.58.